The van der Waals surface area contributed by atoms with E-state index in [9.17, 15) is 5.11 Å². The minimum atomic E-state index is -0.479. The zero-order chi connectivity index (χ0) is 13.9. The Hall–Kier alpha value is -1.36. The second-order valence-electron chi connectivity index (χ2n) is 5.42. The molecule has 102 valence electrons. The van der Waals surface area contributed by atoms with Gasteiger partial charge in [-0.3, -0.25) is 0 Å². The highest BCUT2D eigenvalue weighted by atomic mass is 16.3. The Morgan fingerprint density at radius 1 is 1.17 bits per heavy atom. The summed E-state index contributed by atoms with van der Waals surface area (Å²) in [6.45, 7) is 9.75. The lowest BCUT2D eigenvalue weighted by Crippen LogP contribution is -2.42. The van der Waals surface area contributed by atoms with Gasteiger partial charge in [0, 0.05) is 19.0 Å². The lowest BCUT2D eigenvalue weighted by atomic mass is 9.99. The second kappa shape index (κ2) is 5.52. The van der Waals surface area contributed by atoms with E-state index in [4.69, 9.17) is 0 Å². The van der Waals surface area contributed by atoms with Crippen LogP contribution in [0, 0.1) is 0 Å². The first-order valence-corrected chi connectivity index (χ1v) is 6.29. The number of aromatic nitrogens is 2. The van der Waals surface area contributed by atoms with Gasteiger partial charge in [-0.05, 0) is 20.8 Å². The van der Waals surface area contributed by atoms with E-state index < -0.39 is 11.6 Å². The summed E-state index contributed by atoms with van der Waals surface area (Å²) >= 11 is 0. The summed E-state index contributed by atoms with van der Waals surface area (Å²) in [6.07, 6.45) is -0.479. The van der Waals surface area contributed by atoms with Crippen molar-refractivity contribution in [1.29, 1.82) is 0 Å². The Bertz CT molecular complexity index is 402. The summed E-state index contributed by atoms with van der Waals surface area (Å²) in [6, 6.07) is 1.84. The molecule has 1 rings (SSSR count). The van der Waals surface area contributed by atoms with Crippen LogP contribution in [-0.4, -0.2) is 33.8 Å². The first-order valence-electron chi connectivity index (χ1n) is 6.29. The molecule has 1 aromatic heterocycles. The van der Waals surface area contributed by atoms with E-state index in [1.54, 1.807) is 6.92 Å². The Labute approximate surface area is 109 Å². The fourth-order valence-electron chi connectivity index (χ4n) is 1.35. The van der Waals surface area contributed by atoms with Gasteiger partial charge in [0.2, 0.25) is 0 Å². The predicted molar refractivity (Wildman–Crippen MR) is 75.1 cm³/mol. The molecule has 1 aromatic rings. The van der Waals surface area contributed by atoms with Gasteiger partial charge in [0.05, 0.1) is 11.6 Å². The van der Waals surface area contributed by atoms with Crippen molar-refractivity contribution in [3.05, 3.63) is 11.9 Å². The van der Waals surface area contributed by atoms with Crippen molar-refractivity contribution in [3.8, 4) is 0 Å². The smallest absolute Gasteiger partial charge is 0.135 e. The molecule has 0 bridgehead atoms. The predicted octanol–water partition coefficient (Wildman–Crippen LogP) is 2.21. The summed E-state index contributed by atoms with van der Waals surface area (Å²) in [5, 5.41) is 16.0. The molecule has 0 aliphatic rings. The Morgan fingerprint density at radius 2 is 1.72 bits per heavy atom. The first-order chi connectivity index (χ1) is 8.26. The zero-order valence-electron chi connectivity index (χ0n) is 12.1. The molecular formula is C13H24N4O. The van der Waals surface area contributed by atoms with Gasteiger partial charge in [-0.25, -0.2) is 9.97 Å². The van der Waals surface area contributed by atoms with Gasteiger partial charge >= 0.3 is 0 Å². The highest BCUT2D eigenvalue weighted by molar-refractivity contribution is 5.49. The van der Waals surface area contributed by atoms with Crippen molar-refractivity contribution in [2.75, 3.05) is 17.7 Å². The Morgan fingerprint density at radius 3 is 2.17 bits per heavy atom. The van der Waals surface area contributed by atoms with Gasteiger partial charge in [-0.2, -0.15) is 0 Å². The quantitative estimate of drug-likeness (QED) is 0.749. The maximum atomic E-state index is 9.72. The van der Waals surface area contributed by atoms with Gasteiger partial charge in [0.1, 0.15) is 17.5 Å². The fraction of sp³-hybridized carbons (Fsp3) is 0.692. The first kappa shape index (κ1) is 14.7. The van der Waals surface area contributed by atoms with Crippen molar-refractivity contribution < 1.29 is 5.11 Å². The largest absolute Gasteiger partial charge is 0.391 e. The maximum Gasteiger partial charge on any atom is 0.135 e. The molecule has 0 radical (unpaired) electrons. The number of nitrogens with zero attached hydrogens (tertiary/aromatic N) is 2. The number of aliphatic hydroxyl groups is 1. The van der Waals surface area contributed by atoms with Crippen LogP contribution in [0.25, 0.3) is 0 Å². The van der Waals surface area contributed by atoms with Gasteiger partial charge in [0.25, 0.3) is 0 Å². The minimum absolute atomic E-state index is 0.258. The van der Waals surface area contributed by atoms with Crippen LogP contribution in [-0.2, 0) is 0 Å². The molecule has 0 amide bonds. The number of aliphatic hydroxyl groups excluding tert-OH is 1. The van der Waals surface area contributed by atoms with E-state index in [-0.39, 0.29) is 5.92 Å². The molecule has 0 saturated carbocycles. The molecule has 0 fully saturated rings. The maximum absolute atomic E-state index is 9.72. The fourth-order valence-corrected chi connectivity index (χ4v) is 1.35. The molecule has 1 atom stereocenters. The van der Waals surface area contributed by atoms with Crippen LogP contribution in [0.1, 0.15) is 46.4 Å². The van der Waals surface area contributed by atoms with Crippen LogP contribution < -0.4 is 10.6 Å². The molecule has 0 spiro atoms. The molecule has 5 heteroatoms. The average molecular weight is 252 g/mol. The normalized spacial score (nSPS) is 13.6. The van der Waals surface area contributed by atoms with Crippen molar-refractivity contribution >= 4 is 11.6 Å². The summed E-state index contributed by atoms with van der Waals surface area (Å²) < 4.78 is 0. The molecule has 18 heavy (non-hydrogen) atoms. The third-order valence-electron chi connectivity index (χ3n) is 3.01. The number of nitrogens with one attached hydrogen (secondary N) is 2. The summed E-state index contributed by atoms with van der Waals surface area (Å²) in [5.41, 5.74) is -0.437. The third-order valence-corrected chi connectivity index (χ3v) is 3.01. The van der Waals surface area contributed by atoms with Crippen molar-refractivity contribution in [1.82, 2.24) is 9.97 Å². The Balaban J connectivity index is 3.05. The van der Waals surface area contributed by atoms with Crippen molar-refractivity contribution in [2.24, 2.45) is 0 Å². The van der Waals surface area contributed by atoms with E-state index in [0.29, 0.717) is 0 Å². The molecule has 3 N–H and O–H groups in total. The van der Waals surface area contributed by atoms with Gasteiger partial charge in [0.15, 0.2) is 0 Å². The molecule has 0 saturated heterocycles. The number of anilines is 2. The van der Waals surface area contributed by atoms with Crippen LogP contribution in [0.5, 0.6) is 0 Å². The van der Waals surface area contributed by atoms with Crippen LogP contribution in [0.2, 0.25) is 0 Å². The van der Waals surface area contributed by atoms with Crippen LogP contribution in [0.15, 0.2) is 6.07 Å². The SMILES string of the molecule is CNc1cc(NC(C)(C)C(C)O)nc(C(C)C)n1. The van der Waals surface area contributed by atoms with Crippen LogP contribution in [0.3, 0.4) is 0 Å². The standard InChI is InChI=1S/C13H24N4O/c1-8(2)12-15-10(14-6)7-11(16-12)17-13(4,5)9(3)18/h7-9,18H,1-6H3,(H2,14,15,16,17). The highest BCUT2D eigenvalue weighted by Crippen LogP contribution is 2.21. The minimum Gasteiger partial charge on any atom is -0.391 e. The highest BCUT2D eigenvalue weighted by Gasteiger charge is 2.24. The molecule has 5 nitrogen and oxygen atoms in total. The monoisotopic (exact) mass is 252 g/mol. The number of rotatable bonds is 5. The molecule has 1 heterocycles. The Kier molecular flexibility index (Phi) is 4.51. The van der Waals surface area contributed by atoms with Crippen molar-refractivity contribution in [3.63, 3.8) is 0 Å². The van der Waals surface area contributed by atoms with E-state index in [1.807, 2.05) is 27.0 Å². The van der Waals surface area contributed by atoms with Crippen molar-refractivity contribution in [2.45, 2.75) is 52.2 Å². The zero-order valence-corrected chi connectivity index (χ0v) is 12.1. The summed E-state index contributed by atoms with van der Waals surface area (Å²) in [5.74, 6) is 2.54. The second-order valence-corrected chi connectivity index (χ2v) is 5.42. The summed E-state index contributed by atoms with van der Waals surface area (Å²) in [4.78, 5) is 8.88. The van der Waals surface area contributed by atoms with Gasteiger partial charge in [-0.15, -0.1) is 0 Å². The molecule has 0 aliphatic carbocycles. The topological polar surface area (TPSA) is 70.1 Å². The van der Waals surface area contributed by atoms with E-state index >= 15 is 0 Å². The molecule has 0 aromatic carbocycles. The van der Waals surface area contributed by atoms with E-state index in [0.717, 1.165) is 17.5 Å². The lowest BCUT2D eigenvalue weighted by Gasteiger charge is -2.30. The molecule has 1 unspecified atom stereocenters. The summed E-state index contributed by atoms with van der Waals surface area (Å²) in [7, 11) is 1.83. The molecular weight excluding hydrogens is 228 g/mol. The van der Waals surface area contributed by atoms with E-state index in [1.165, 1.54) is 0 Å². The van der Waals surface area contributed by atoms with Gasteiger partial charge < -0.3 is 15.7 Å². The van der Waals surface area contributed by atoms with Crippen LogP contribution in [0.4, 0.5) is 11.6 Å². The number of hydrogen-bond acceptors (Lipinski definition) is 5. The average Bonchev–Trinajstić information content (AvgIpc) is 2.27. The van der Waals surface area contributed by atoms with E-state index in [2.05, 4.69) is 34.4 Å². The van der Waals surface area contributed by atoms with Crippen LogP contribution >= 0.6 is 0 Å². The molecule has 0 aliphatic heterocycles. The third kappa shape index (κ3) is 3.57. The lowest BCUT2D eigenvalue weighted by molar-refractivity contribution is 0.133. The number of hydrogen-bond donors (Lipinski definition) is 3. The van der Waals surface area contributed by atoms with Gasteiger partial charge in [-0.1, -0.05) is 13.8 Å².